The normalized spacial score (nSPS) is 16.2. The summed E-state index contributed by atoms with van der Waals surface area (Å²) in [6.07, 6.45) is 0.466. The number of likely N-dealkylation sites (N-methyl/N-ethyl adjacent to an activating group) is 1. The van der Waals surface area contributed by atoms with E-state index in [2.05, 4.69) is 5.32 Å². The molecule has 0 atom stereocenters. The van der Waals surface area contributed by atoms with Gasteiger partial charge >= 0.3 is 0 Å². The Labute approximate surface area is 164 Å². The zero-order valence-corrected chi connectivity index (χ0v) is 16.2. The van der Waals surface area contributed by atoms with E-state index in [1.165, 1.54) is 41.5 Å². The first-order chi connectivity index (χ1) is 13.4. The molecule has 2 aromatic rings. The van der Waals surface area contributed by atoms with Crippen LogP contribution in [0.2, 0.25) is 0 Å². The van der Waals surface area contributed by atoms with Crippen molar-refractivity contribution in [2.45, 2.75) is 13.0 Å². The average molecular weight is 403 g/mol. The number of ether oxygens (including phenoxy) is 1. The van der Waals surface area contributed by atoms with Crippen LogP contribution < -0.4 is 10.1 Å². The van der Waals surface area contributed by atoms with Crippen LogP contribution in [0.3, 0.4) is 0 Å². The number of hydrogen-bond donors (Lipinski definition) is 1. The van der Waals surface area contributed by atoms with Crippen molar-refractivity contribution in [1.29, 1.82) is 0 Å². The first-order valence-electron chi connectivity index (χ1n) is 8.71. The van der Waals surface area contributed by atoms with Crippen LogP contribution in [-0.2, 0) is 17.8 Å². The number of thiophene rings is 1. The van der Waals surface area contributed by atoms with E-state index >= 15 is 0 Å². The molecule has 0 bridgehead atoms. The van der Waals surface area contributed by atoms with Crippen LogP contribution in [0, 0.1) is 5.82 Å². The van der Waals surface area contributed by atoms with Gasteiger partial charge in [-0.15, -0.1) is 11.3 Å². The molecule has 2 aliphatic heterocycles. The van der Waals surface area contributed by atoms with Crippen LogP contribution in [0.5, 0.6) is 5.75 Å². The highest BCUT2D eigenvalue weighted by molar-refractivity contribution is 7.17. The van der Waals surface area contributed by atoms with Gasteiger partial charge in [-0.2, -0.15) is 0 Å². The number of anilines is 1. The van der Waals surface area contributed by atoms with Gasteiger partial charge in [-0.1, -0.05) is 0 Å². The van der Waals surface area contributed by atoms with Crippen molar-refractivity contribution in [3.8, 4) is 5.75 Å². The van der Waals surface area contributed by atoms with Crippen molar-refractivity contribution >= 4 is 34.1 Å². The minimum absolute atomic E-state index is 0.00867. The molecule has 7 nitrogen and oxygen atoms in total. The van der Waals surface area contributed by atoms with Crippen molar-refractivity contribution in [1.82, 2.24) is 9.80 Å². The van der Waals surface area contributed by atoms with Gasteiger partial charge in [-0.3, -0.25) is 14.4 Å². The predicted molar refractivity (Wildman–Crippen MR) is 101 cm³/mol. The average Bonchev–Trinajstić information content (AvgIpc) is 2.98. The molecule has 9 heteroatoms. The van der Waals surface area contributed by atoms with Crippen molar-refractivity contribution < 1.29 is 23.5 Å². The molecule has 28 heavy (non-hydrogen) atoms. The predicted octanol–water partition coefficient (Wildman–Crippen LogP) is 2.12. The lowest BCUT2D eigenvalue weighted by molar-refractivity contribution is -0.116. The van der Waals surface area contributed by atoms with Gasteiger partial charge in [0.2, 0.25) is 5.91 Å². The van der Waals surface area contributed by atoms with Gasteiger partial charge < -0.3 is 19.9 Å². The summed E-state index contributed by atoms with van der Waals surface area (Å²) in [5, 5.41) is 3.30. The minimum Gasteiger partial charge on any atom is -0.497 e. The second kappa shape index (κ2) is 6.90. The quantitative estimate of drug-likeness (QED) is 0.833. The number of carbonyl (C=O) groups is 3. The SMILES string of the molecule is COc1ccc(F)c(C(=O)N2CCc3c(sc4c3C(=O)N(C)CC(=O)N4)C2)c1. The monoisotopic (exact) mass is 403 g/mol. The number of fused-ring (bicyclic) bond motifs is 3. The van der Waals surface area contributed by atoms with Gasteiger partial charge in [0.1, 0.15) is 16.6 Å². The van der Waals surface area contributed by atoms with Crippen LogP contribution in [0.4, 0.5) is 9.39 Å². The van der Waals surface area contributed by atoms with Crippen LogP contribution in [0.15, 0.2) is 18.2 Å². The highest BCUT2D eigenvalue weighted by Crippen LogP contribution is 2.39. The maximum Gasteiger partial charge on any atom is 0.257 e. The lowest BCUT2D eigenvalue weighted by Crippen LogP contribution is -2.37. The Hall–Kier alpha value is -2.94. The van der Waals surface area contributed by atoms with Gasteiger partial charge in [0.15, 0.2) is 0 Å². The summed E-state index contributed by atoms with van der Waals surface area (Å²) in [4.78, 5) is 41.2. The molecule has 4 rings (SSSR count). The molecule has 0 saturated carbocycles. The molecule has 0 saturated heterocycles. The molecule has 0 fully saturated rings. The molecule has 3 heterocycles. The molecule has 1 aromatic heterocycles. The molecule has 0 aliphatic carbocycles. The number of hydrogen-bond acceptors (Lipinski definition) is 5. The van der Waals surface area contributed by atoms with E-state index in [1.54, 1.807) is 11.9 Å². The first-order valence-corrected chi connectivity index (χ1v) is 9.53. The molecule has 2 aliphatic rings. The Morgan fingerprint density at radius 3 is 2.82 bits per heavy atom. The van der Waals surface area contributed by atoms with Crippen LogP contribution >= 0.6 is 11.3 Å². The summed E-state index contributed by atoms with van der Waals surface area (Å²) < 4.78 is 19.3. The number of nitrogens with zero attached hydrogens (tertiary/aromatic N) is 2. The van der Waals surface area contributed by atoms with Gasteiger partial charge in [0, 0.05) is 18.5 Å². The van der Waals surface area contributed by atoms with Gasteiger partial charge in [-0.25, -0.2) is 4.39 Å². The van der Waals surface area contributed by atoms with E-state index in [4.69, 9.17) is 4.74 Å². The van der Waals surface area contributed by atoms with Crippen molar-refractivity contribution in [3.63, 3.8) is 0 Å². The number of carbonyl (C=O) groups excluding carboxylic acids is 3. The number of methoxy groups -OCH3 is 1. The number of amides is 3. The van der Waals surface area contributed by atoms with E-state index in [0.29, 0.717) is 29.3 Å². The molecule has 0 spiro atoms. The minimum atomic E-state index is -0.609. The maximum absolute atomic E-state index is 14.2. The second-order valence-electron chi connectivity index (χ2n) is 6.74. The Morgan fingerprint density at radius 1 is 1.29 bits per heavy atom. The summed E-state index contributed by atoms with van der Waals surface area (Å²) in [6, 6.07) is 4.05. The van der Waals surface area contributed by atoms with E-state index in [-0.39, 0.29) is 30.5 Å². The fourth-order valence-electron chi connectivity index (χ4n) is 3.50. The summed E-state index contributed by atoms with van der Waals surface area (Å²) >= 11 is 1.30. The van der Waals surface area contributed by atoms with Crippen LogP contribution in [0.25, 0.3) is 0 Å². The standard InChI is InChI=1S/C19H18FN3O4S/c1-22-9-15(24)21-17-16(19(22)26)11-5-6-23(8-14(11)28-17)18(25)12-7-10(27-2)3-4-13(12)20/h3-4,7H,5-6,8-9H2,1-2H3,(H,21,24). The third kappa shape index (κ3) is 3.01. The van der Waals surface area contributed by atoms with E-state index in [1.807, 2.05) is 0 Å². The molecule has 3 amide bonds. The highest BCUT2D eigenvalue weighted by atomic mass is 32.1. The lowest BCUT2D eigenvalue weighted by atomic mass is 10.0. The third-order valence-corrected chi connectivity index (χ3v) is 6.07. The molecule has 146 valence electrons. The van der Waals surface area contributed by atoms with E-state index < -0.39 is 11.7 Å². The Balaban J connectivity index is 1.65. The molecular weight excluding hydrogens is 385 g/mol. The van der Waals surface area contributed by atoms with Gasteiger partial charge in [0.25, 0.3) is 11.8 Å². The largest absolute Gasteiger partial charge is 0.497 e. The molecule has 0 unspecified atom stereocenters. The van der Waals surface area contributed by atoms with Crippen molar-refractivity contribution in [2.75, 3.05) is 32.6 Å². The Morgan fingerprint density at radius 2 is 2.07 bits per heavy atom. The molecule has 1 N–H and O–H groups in total. The summed E-state index contributed by atoms with van der Waals surface area (Å²) in [5.74, 6) is -1.09. The summed E-state index contributed by atoms with van der Waals surface area (Å²) in [6.45, 7) is 0.626. The van der Waals surface area contributed by atoms with Crippen LogP contribution in [0.1, 0.15) is 31.2 Å². The fourth-order valence-corrected chi connectivity index (χ4v) is 4.77. The summed E-state index contributed by atoms with van der Waals surface area (Å²) in [7, 11) is 3.04. The first kappa shape index (κ1) is 18.4. The van der Waals surface area contributed by atoms with E-state index in [0.717, 1.165) is 10.4 Å². The van der Waals surface area contributed by atoms with Crippen LogP contribution in [-0.4, -0.2) is 54.8 Å². The zero-order valence-electron chi connectivity index (χ0n) is 15.4. The number of halogens is 1. The Bertz CT molecular complexity index is 1000. The van der Waals surface area contributed by atoms with E-state index in [9.17, 15) is 18.8 Å². The summed E-state index contributed by atoms with van der Waals surface area (Å²) in [5.41, 5.74) is 1.31. The second-order valence-corrected chi connectivity index (χ2v) is 7.84. The topological polar surface area (TPSA) is 79.0 Å². The van der Waals surface area contributed by atoms with Crippen molar-refractivity contribution in [2.24, 2.45) is 0 Å². The number of benzene rings is 1. The molecular formula is C19H18FN3O4S. The zero-order chi connectivity index (χ0) is 20.0. The number of nitrogens with one attached hydrogen (secondary N) is 1. The molecule has 0 radical (unpaired) electrons. The van der Waals surface area contributed by atoms with Gasteiger partial charge in [-0.05, 0) is 30.2 Å². The van der Waals surface area contributed by atoms with Crippen molar-refractivity contribution in [3.05, 3.63) is 45.6 Å². The maximum atomic E-state index is 14.2. The highest BCUT2D eigenvalue weighted by Gasteiger charge is 2.34. The van der Waals surface area contributed by atoms with Gasteiger partial charge in [0.05, 0.1) is 31.3 Å². The lowest BCUT2D eigenvalue weighted by Gasteiger charge is -2.28. The number of rotatable bonds is 2. The molecule has 1 aromatic carbocycles. The smallest absolute Gasteiger partial charge is 0.257 e. The Kier molecular flexibility index (Phi) is 4.54. The third-order valence-electron chi connectivity index (χ3n) is 4.94. The fraction of sp³-hybridized carbons (Fsp3) is 0.316.